The van der Waals surface area contributed by atoms with Gasteiger partial charge in [0.25, 0.3) is 0 Å². The van der Waals surface area contributed by atoms with Crippen LogP contribution in [-0.4, -0.2) is 13.7 Å². The van der Waals surface area contributed by atoms with Crippen molar-refractivity contribution in [1.82, 2.24) is 13.7 Å². The molecule has 0 aliphatic rings. The summed E-state index contributed by atoms with van der Waals surface area (Å²) in [6, 6.07) is 57.2. The molecule has 0 aliphatic heterocycles. The maximum Gasteiger partial charge on any atom is 0.101 e. The Morgan fingerprint density at radius 1 is 0.347 bits per heavy atom. The summed E-state index contributed by atoms with van der Waals surface area (Å²) in [4.78, 5) is 0. The van der Waals surface area contributed by atoms with Crippen molar-refractivity contribution < 1.29 is 0 Å². The van der Waals surface area contributed by atoms with E-state index in [2.05, 4.69) is 147 Å². The number of benzene rings is 7. The van der Waals surface area contributed by atoms with E-state index in [-0.39, 0.29) is 0 Å². The van der Waals surface area contributed by atoms with E-state index in [9.17, 15) is 10.5 Å². The molecular formula is C44H25N5. The zero-order chi connectivity index (χ0) is 32.6. The van der Waals surface area contributed by atoms with E-state index in [0.29, 0.717) is 11.1 Å². The second-order valence-electron chi connectivity index (χ2n) is 12.4. The van der Waals surface area contributed by atoms with Crippen LogP contribution in [0, 0.1) is 22.7 Å². The van der Waals surface area contributed by atoms with Crippen LogP contribution >= 0.6 is 0 Å². The first-order chi connectivity index (χ1) is 24.3. The quantitative estimate of drug-likeness (QED) is 0.197. The van der Waals surface area contributed by atoms with E-state index < -0.39 is 0 Å². The molecule has 3 aromatic heterocycles. The highest BCUT2D eigenvalue weighted by atomic mass is 15.0. The number of rotatable bonds is 3. The van der Waals surface area contributed by atoms with Crippen LogP contribution in [0.1, 0.15) is 11.1 Å². The average molecular weight is 624 g/mol. The molecule has 5 heteroatoms. The number of nitrogens with zero attached hydrogens (tertiary/aromatic N) is 5. The first-order valence-electron chi connectivity index (χ1n) is 16.2. The van der Waals surface area contributed by atoms with Gasteiger partial charge in [-0.3, -0.25) is 0 Å². The van der Waals surface area contributed by atoms with Gasteiger partial charge in [0.1, 0.15) is 12.1 Å². The largest absolute Gasteiger partial charge is 0.309 e. The summed E-state index contributed by atoms with van der Waals surface area (Å²) in [7, 11) is 0. The minimum atomic E-state index is 0.354. The highest BCUT2D eigenvalue weighted by molar-refractivity contribution is 6.31. The van der Waals surface area contributed by atoms with Crippen LogP contribution in [0.2, 0.25) is 0 Å². The summed E-state index contributed by atoms with van der Waals surface area (Å²) in [5, 5.41) is 26.8. The molecular weight excluding hydrogens is 599 g/mol. The Balaban J connectivity index is 1.48. The summed E-state index contributed by atoms with van der Waals surface area (Å²) in [5.74, 6) is 0. The van der Waals surface area contributed by atoms with Gasteiger partial charge in [-0.1, -0.05) is 84.9 Å². The van der Waals surface area contributed by atoms with E-state index in [1.54, 1.807) is 6.07 Å². The van der Waals surface area contributed by atoms with Crippen molar-refractivity contribution in [2.45, 2.75) is 0 Å². The van der Waals surface area contributed by atoms with Gasteiger partial charge < -0.3 is 13.7 Å². The third-order valence-corrected chi connectivity index (χ3v) is 9.89. The van der Waals surface area contributed by atoms with Crippen LogP contribution < -0.4 is 0 Å². The van der Waals surface area contributed by atoms with Gasteiger partial charge in [-0.2, -0.15) is 10.5 Å². The summed E-state index contributed by atoms with van der Waals surface area (Å²) in [6.07, 6.45) is 0. The predicted octanol–water partition coefficient (Wildman–Crippen LogP) is 10.7. The molecule has 0 atom stereocenters. The summed E-state index contributed by atoms with van der Waals surface area (Å²) >= 11 is 0. The molecule has 0 fully saturated rings. The number of para-hydroxylation sites is 4. The maximum absolute atomic E-state index is 10.2. The number of hydrogen-bond donors (Lipinski definition) is 0. The molecule has 0 aliphatic carbocycles. The summed E-state index contributed by atoms with van der Waals surface area (Å²) < 4.78 is 7.01. The van der Waals surface area contributed by atoms with Crippen molar-refractivity contribution >= 4 is 65.4 Å². The Kier molecular flexibility index (Phi) is 5.64. The van der Waals surface area contributed by atoms with Gasteiger partial charge in [0.2, 0.25) is 0 Å². The van der Waals surface area contributed by atoms with E-state index in [1.165, 1.54) is 0 Å². The van der Waals surface area contributed by atoms with E-state index in [0.717, 1.165) is 82.5 Å². The standard InChI is InChI=1S/C44H25N5/c45-26-28-19-20-32(25-29(28)27-46)49-43-33(21-23-39-41(43)35-15-7-9-17-37(35)47(39)30-11-3-1-4-12-30)34-22-24-40-42(44(34)49)36-16-8-10-18-38(36)48(40)31-13-5-2-6-14-31/h1-25H. The molecule has 3 heterocycles. The Labute approximate surface area is 280 Å². The molecule has 7 aromatic carbocycles. The SMILES string of the molecule is N#Cc1ccc(-n2c3c(ccc4c3c3ccccc3n4-c3ccccc3)c3ccc4c(c5ccccc5n4-c4ccccc4)c32)cc1C#N. The molecule has 0 unspecified atom stereocenters. The molecule has 0 amide bonds. The van der Waals surface area contributed by atoms with Crippen LogP contribution in [0.5, 0.6) is 0 Å². The maximum atomic E-state index is 10.2. The molecule has 0 saturated heterocycles. The van der Waals surface area contributed by atoms with Crippen LogP contribution in [0.3, 0.4) is 0 Å². The average Bonchev–Trinajstić information content (AvgIpc) is 3.80. The van der Waals surface area contributed by atoms with Gasteiger partial charge in [-0.05, 0) is 66.7 Å². The summed E-state index contributed by atoms with van der Waals surface area (Å²) in [5.41, 5.74) is 10.3. The molecule has 0 saturated carbocycles. The zero-order valence-electron chi connectivity index (χ0n) is 26.2. The Hall–Kier alpha value is -7.08. The lowest BCUT2D eigenvalue weighted by Crippen LogP contribution is -1.98. The van der Waals surface area contributed by atoms with Gasteiger partial charge >= 0.3 is 0 Å². The van der Waals surface area contributed by atoms with E-state index in [1.807, 2.05) is 24.3 Å². The Morgan fingerprint density at radius 3 is 1.31 bits per heavy atom. The van der Waals surface area contributed by atoms with Gasteiger partial charge in [0.15, 0.2) is 0 Å². The number of hydrogen-bond acceptors (Lipinski definition) is 2. The lowest BCUT2D eigenvalue weighted by atomic mass is 10.1. The highest BCUT2D eigenvalue weighted by Gasteiger charge is 2.24. The fourth-order valence-corrected chi connectivity index (χ4v) is 7.93. The fraction of sp³-hybridized carbons (Fsp3) is 0. The lowest BCUT2D eigenvalue weighted by molar-refractivity contribution is 1.17. The van der Waals surface area contributed by atoms with E-state index >= 15 is 0 Å². The Morgan fingerprint density at radius 2 is 0.816 bits per heavy atom. The number of nitriles is 2. The highest BCUT2D eigenvalue weighted by Crippen LogP contribution is 2.46. The predicted molar refractivity (Wildman–Crippen MR) is 199 cm³/mol. The van der Waals surface area contributed by atoms with Gasteiger partial charge in [0, 0.05) is 49.4 Å². The zero-order valence-corrected chi connectivity index (χ0v) is 26.2. The molecule has 5 nitrogen and oxygen atoms in total. The second-order valence-corrected chi connectivity index (χ2v) is 12.4. The molecule has 0 radical (unpaired) electrons. The normalized spacial score (nSPS) is 11.6. The lowest BCUT2D eigenvalue weighted by Gasteiger charge is -2.12. The van der Waals surface area contributed by atoms with Crippen molar-refractivity contribution in [1.29, 1.82) is 10.5 Å². The fourth-order valence-electron chi connectivity index (χ4n) is 7.93. The molecule has 226 valence electrons. The molecule has 10 rings (SSSR count). The topological polar surface area (TPSA) is 62.4 Å². The Bertz CT molecular complexity index is 2880. The third-order valence-electron chi connectivity index (χ3n) is 9.89. The first-order valence-corrected chi connectivity index (χ1v) is 16.2. The number of fused-ring (bicyclic) bond motifs is 11. The van der Waals surface area contributed by atoms with Crippen LogP contribution in [0.15, 0.2) is 152 Å². The third kappa shape index (κ3) is 3.67. The molecule has 0 bridgehead atoms. The van der Waals surface area contributed by atoms with Crippen molar-refractivity contribution in [2.75, 3.05) is 0 Å². The van der Waals surface area contributed by atoms with Gasteiger partial charge in [-0.15, -0.1) is 0 Å². The molecule has 0 spiro atoms. The van der Waals surface area contributed by atoms with Crippen LogP contribution in [-0.2, 0) is 0 Å². The van der Waals surface area contributed by atoms with Crippen LogP contribution in [0.25, 0.3) is 82.5 Å². The van der Waals surface area contributed by atoms with Crippen molar-refractivity contribution in [2.24, 2.45) is 0 Å². The van der Waals surface area contributed by atoms with Crippen molar-refractivity contribution in [3.63, 3.8) is 0 Å². The second kappa shape index (κ2) is 10.2. The van der Waals surface area contributed by atoms with Crippen molar-refractivity contribution in [3.8, 4) is 29.2 Å². The minimum Gasteiger partial charge on any atom is -0.309 e. The summed E-state index contributed by atoms with van der Waals surface area (Å²) in [6.45, 7) is 0. The molecule has 0 N–H and O–H groups in total. The minimum absolute atomic E-state index is 0.354. The smallest absolute Gasteiger partial charge is 0.101 e. The van der Waals surface area contributed by atoms with Crippen molar-refractivity contribution in [3.05, 3.63) is 163 Å². The van der Waals surface area contributed by atoms with E-state index in [4.69, 9.17) is 0 Å². The molecule has 49 heavy (non-hydrogen) atoms. The monoisotopic (exact) mass is 623 g/mol. The van der Waals surface area contributed by atoms with Crippen LogP contribution in [0.4, 0.5) is 0 Å². The first kappa shape index (κ1) is 27.1. The number of aromatic nitrogens is 3. The van der Waals surface area contributed by atoms with Gasteiger partial charge in [-0.25, -0.2) is 0 Å². The molecule has 10 aromatic rings. The van der Waals surface area contributed by atoms with Gasteiger partial charge in [0.05, 0.1) is 44.2 Å².